The van der Waals surface area contributed by atoms with Gasteiger partial charge in [0.05, 0.1) is 26.5 Å². The molecule has 140 valence electrons. The zero-order chi connectivity index (χ0) is 18.6. The van der Waals surface area contributed by atoms with Crippen molar-refractivity contribution in [2.45, 2.75) is 39.2 Å². The van der Waals surface area contributed by atoms with Crippen molar-refractivity contribution < 1.29 is 18.7 Å². The summed E-state index contributed by atoms with van der Waals surface area (Å²) < 4.78 is 16.4. The summed E-state index contributed by atoms with van der Waals surface area (Å²) in [4.78, 5) is 11.9. The molecule has 1 aromatic heterocycles. The van der Waals surface area contributed by atoms with Crippen molar-refractivity contribution in [2.24, 2.45) is 0 Å². The van der Waals surface area contributed by atoms with Crippen LogP contribution >= 0.6 is 0 Å². The molecule has 0 spiro atoms. The van der Waals surface area contributed by atoms with Crippen LogP contribution in [0.2, 0.25) is 0 Å². The molecule has 2 aromatic rings. The van der Waals surface area contributed by atoms with Crippen LogP contribution in [0.15, 0.2) is 47.1 Å². The zero-order valence-corrected chi connectivity index (χ0v) is 15.5. The highest BCUT2D eigenvalue weighted by atomic mass is 16.5. The Morgan fingerprint density at radius 2 is 2.08 bits per heavy atom. The Morgan fingerprint density at radius 3 is 2.81 bits per heavy atom. The van der Waals surface area contributed by atoms with E-state index >= 15 is 0 Å². The van der Waals surface area contributed by atoms with E-state index in [1.807, 2.05) is 24.3 Å². The summed E-state index contributed by atoms with van der Waals surface area (Å²) in [6, 6.07) is 9.24. The molecule has 0 aliphatic carbocycles. The molecule has 0 unspecified atom stereocenters. The lowest BCUT2D eigenvalue weighted by Crippen LogP contribution is -2.19. The number of amides is 1. The van der Waals surface area contributed by atoms with Crippen molar-refractivity contribution >= 4 is 12.0 Å². The molecule has 5 heteroatoms. The number of methoxy groups -OCH3 is 1. The largest absolute Gasteiger partial charge is 0.493 e. The minimum atomic E-state index is -0.184. The summed E-state index contributed by atoms with van der Waals surface area (Å²) in [5, 5.41) is 2.76. The average molecular weight is 357 g/mol. The fraction of sp³-hybridized carbons (Fsp3) is 0.381. The quantitative estimate of drug-likeness (QED) is 0.472. The maximum Gasteiger partial charge on any atom is 0.244 e. The van der Waals surface area contributed by atoms with Gasteiger partial charge in [-0.15, -0.1) is 0 Å². The summed E-state index contributed by atoms with van der Waals surface area (Å²) in [5.41, 5.74) is 0.869. The minimum Gasteiger partial charge on any atom is -0.493 e. The second-order valence-corrected chi connectivity index (χ2v) is 5.95. The van der Waals surface area contributed by atoms with Crippen molar-refractivity contribution in [1.29, 1.82) is 0 Å². The van der Waals surface area contributed by atoms with Crippen molar-refractivity contribution in [1.82, 2.24) is 5.32 Å². The fourth-order valence-electron chi connectivity index (χ4n) is 2.44. The summed E-state index contributed by atoms with van der Waals surface area (Å²) in [6.07, 6.45) is 9.46. The maximum absolute atomic E-state index is 11.9. The molecule has 0 aliphatic rings. The highest BCUT2D eigenvalue weighted by molar-refractivity contribution is 5.91. The first-order valence-corrected chi connectivity index (χ1v) is 9.02. The van der Waals surface area contributed by atoms with E-state index in [2.05, 4.69) is 12.2 Å². The molecule has 1 heterocycles. The number of rotatable bonds is 11. The summed E-state index contributed by atoms with van der Waals surface area (Å²) in [7, 11) is 1.61. The number of nitrogens with one attached hydrogen (secondary N) is 1. The average Bonchev–Trinajstić information content (AvgIpc) is 3.18. The van der Waals surface area contributed by atoms with E-state index in [0.717, 1.165) is 17.7 Å². The van der Waals surface area contributed by atoms with Gasteiger partial charge in [-0.2, -0.15) is 0 Å². The monoisotopic (exact) mass is 357 g/mol. The van der Waals surface area contributed by atoms with Crippen LogP contribution in [0.4, 0.5) is 0 Å². The molecule has 5 nitrogen and oxygen atoms in total. The second kappa shape index (κ2) is 11.0. The first-order valence-electron chi connectivity index (χ1n) is 9.02. The van der Waals surface area contributed by atoms with Crippen LogP contribution in [0.3, 0.4) is 0 Å². The van der Waals surface area contributed by atoms with Crippen molar-refractivity contribution in [3.8, 4) is 11.5 Å². The van der Waals surface area contributed by atoms with Crippen LogP contribution in [0.5, 0.6) is 11.5 Å². The zero-order valence-electron chi connectivity index (χ0n) is 15.5. The van der Waals surface area contributed by atoms with E-state index in [9.17, 15) is 4.79 Å². The smallest absolute Gasteiger partial charge is 0.244 e. The highest BCUT2D eigenvalue weighted by Crippen LogP contribution is 2.28. The van der Waals surface area contributed by atoms with Gasteiger partial charge in [0, 0.05) is 6.08 Å². The number of hydrogen-bond acceptors (Lipinski definition) is 4. The summed E-state index contributed by atoms with van der Waals surface area (Å²) >= 11 is 0. The molecule has 0 aliphatic heterocycles. The van der Waals surface area contributed by atoms with Crippen LogP contribution in [0.25, 0.3) is 6.08 Å². The van der Waals surface area contributed by atoms with E-state index in [1.54, 1.807) is 25.5 Å². The van der Waals surface area contributed by atoms with Gasteiger partial charge < -0.3 is 19.2 Å². The third-order valence-electron chi connectivity index (χ3n) is 3.89. The van der Waals surface area contributed by atoms with Crippen molar-refractivity contribution in [3.05, 3.63) is 54.0 Å². The fourth-order valence-corrected chi connectivity index (χ4v) is 2.44. The molecule has 0 bridgehead atoms. The molecule has 2 rings (SSSR count). The van der Waals surface area contributed by atoms with E-state index in [4.69, 9.17) is 13.9 Å². The Balaban J connectivity index is 1.85. The number of carbonyl (C=O) groups is 1. The van der Waals surface area contributed by atoms with E-state index in [1.165, 1.54) is 25.3 Å². The van der Waals surface area contributed by atoms with E-state index < -0.39 is 0 Å². The van der Waals surface area contributed by atoms with Gasteiger partial charge in [0.15, 0.2) is 11.5 Å². The standard InChI is InChI=1S/C21H27NO4/c1-3-4-5-6-13-26-19-11-9-17(15-20(19)24-2)10-12-21(23)22-16-18-8-7-14-25-18/h7-12,14-15H,3-6,13,16H2,1-2H3,(H,22,23). The number of benzene rings is 1. The summed E-state index contributed by atoms with van der Waals surface area (Å²) in [6.45, 7) is 3.23. The number of furan rings is 1. The lowest BCUT2D eigenvalue weighted by molar-refractivity contribution is -0.116. The van der Waals surface area contributed by atoms with Gasteiger partial charge in [0.25, 0.3) is 0 Å². The number of hydrogen-bond donors (Lipinski definition) is 1. The van der Waals surface area contributed by atoms with Gasteiger partial charge in [-0.1, -0.05) is 32.3 Å². The number of ether oxygens (including phenoxy) is 2. The van der Waals surface area contributed by atoms with Crippen molar-refractivity contribution in [3.63, 3.8) is 0 Å². The first kappa shape index (κ1) is 19.6. The third kappa shape index (κ3) is 6.67. The molecular weight excluding hydrogens is 330 g/mol. The molecule has 0 radical (unpaired) electrons. The SMILES string of the molecule is CCCCCCOc1ccc(C=CC(=O)NCc2ccco2)cc1OC. The van der Waals surface area contributed by atoms with Crippen LogP contribution in [0, 0.1) is 0 Å². The highest BCUT2D eigenvalue weighted by Gasteiger charge is 2.05. The second-order valence-electron chi connectivity index (χ2n) is 5.95. The Labute approximate surface area is 155 Å². The van der Waals surface area contributed by atoms with Gasteiger partial charge in [0.1, 0.15) is 5.76 Å². The lowest BCUT2D eigenvalue weighted by Gasteiger charge is -2.11. The molecule has 0 saturated carbocycles. The van der Waals surface area contributed by atoms with Crippen LogP contribution < -0.4 is 14.8 Å². The van der Waals surface area contributed by atoms with Gasteiger partial charge in [-0.3, -0.25) is 4.79 Å². The lowest BCUT2D eigenvalue weighted by atomic mass is 10.2. The predicted molar refractivity (Wildman–Crippen MR) is 102 cm³/mol. The minimum absolute atomic E-state index is 0.184. The predicted octanol–water partition coefficient (Wildman–Crippen LogP) is 4.58. The van der Waals surface area contributed by atoms with Crippen LogP contribution in [-0.2, 0) is 11.3 Å². The van der Waals surface area contributed by atoms with Crippen molar-refractivity contribution in [2.75, 3.05) is 13.7 Å². The van der Waals surface area contributed by atoms with Crippen LogP contribution in [-0.4, -0.2) is 19.6 Å². The normalized spacial score (nSPS) is 10.8. The Morgan fingerprint density at radius 1 is 1.19 bits per heavy atom. The first-order chi connectivity index (χ1) is 12.7. The van der Waals surface area contributed by atoms with E-state index in [0.29, 0.717) is 24.7 Å². The Bertz CT molecular complexity index is 692. The maximum atomic E-state index is 11.9. The van der Waals surface area contributed by atoms with Gasteiger partial charge in [-0.05, 0) is 42.3 Å². The molecule has 26 heavy (non-hydrogen) atoms. The molecule has 0 atom stereocenters. The van der Waals surface area contributed by atoms with Crippen LogP contribution in [0.1, 0.15) is 43.9 Å². The molecule has 1 N–H and O–H groups in total. The van der Waals surface area contributed by atoms with Gasteiger partial charge >= 0.3 is 0 Å². The third-order valence-corrected chi connectivity index (χ3v) is 3.89. The van der Waals surface area contributed by atoms with E-state index in [-0.39, 0.29) is 5.91 Å². The Hall–Kier alpha value is -2.69. The summed E-state index contributed by atoms with van der Waals surface area (Å²) in [5.74, 6) is 1.92. The molecular formula is C21H27NO4. The van der Waals surface area contributed by atoms with Gasteiger partial charge in [-0.25, -0.2) is 0 Å². The number of unbranched alkanes of at least 4 members (excludes halogenated alkanes) is 3. The molecule has 1 aromatic carbocycles. The molecule has 0 saturated heterocycles. The Kier molecular flexibility index (Phi) is 8.33. The van der Waals surface area contributed by atoms with Gasteiger partial charge in [0.2, 0.25) is 5.91 Å². The number of carbonyl (C=O) groups excluding carboxylic acids is 1. The molecule has 0 fully saturated rings. The topological polar surface area (TPSA) is 60.7 Å². The molecule has 1 amide bonds.